The minimum absolute atomic E-state index is 0.0642. The van der Waals surface area contributed by atoms with Crippen molar-refractivity contribution in [3.63, 3.8) is 0 Å². The zero-order valence-corrected chi connectivity index (χ0v) is 25.4. The summed E-state index contributed by atoms with van der Waals surface area (Å²) in [4.78, 5) is 11.8. The van der Waals surface area contributed by atoms with Gasteiger partial charge < -0.3 is 19.4 Å². The number of ether oxygens (including phenoxy) is 1. The highest BCUT2D eigenvalue weighted by Crippen LogP contribution is 2.39. The normalized spacial score (nSPS) is 18.3. The Hall–Kier alpha value is 0.247. The highest BCUT2D eigenvalue weighted by atomic mass is 79.9. The average Bonchev–Trinajstić information content (AvgIpc) is 2.61. The summed E-state index contributed by atoms with van der Waals surface area (Å²) in [5, 5.41) is 18.9. The molecule has 33 heavy (non-hydrogen) atoms. The van der Waals surface area contributed by atoms with Gasteiger partial charge in [-0.05, 0) is 45.3 Å². The predicted octanol–water partition coefficient (Wildman–Crippen LogP) is 3.82. The van der Waals surface area contributed by atoms with Gasteiger partial charge in [0.15, 0.2) is 8.32 Å². The molecule has 0 saturated heterocycles. The number of esters is 1. The Labute approximate surface area is 214 Å². The number of carbonyl (C=O) groups is 1. The van der Waals surface area contributed by atoms with E-state index >= 15 is 0 Å². The van der Waals surface area contributed by atoms with Gasteiger partial charge in [-0.15, -0.1) is 11.6 Å². The Balaban J connectivity index is 5.45. The van der Waals surface area contributed by atoms with Gasteiger partial charge in [0.1, 0.15) is 12.2 Å². The number of hydrogen-bond donors (Lipinski definition) is 2. The van der Waals surface area contributed by atoms with Crippen molar-refractivity contribution < 1.29 is 36.8 Å². The molecule has 0 aliphatic carbocycles. The summed E-state index contributed by atoms with van der Waals surface area (Å²) in [6, 6.07) is 0. The lowest BCUT2D eigenvalue weighted by atomic mass is 9.97. The van der Waals surface area contributed by atoms with Crippen LogP contribution in [0.3, 0.4) is 0 Å². The van der Waals surface area contributed by atoms with E-state index in [1.54, 1.807) is 20.8 Å². The molecular weight excluding hydrogens is 556 g/mol. The molecule has 198 valence electrons. The number of carbonyl (C=O) groups excluding carboxylic acids is 1. The van der Waals surface area contributed by atoms with Crippen molar-refractivity contribution in [3.8, 4) is 0 Å². The lowest BCUT2D eigenvalue weighted by molar-refractivity contribution is -0.153. The third kappa shape index (κ3) is 12.2. The van der Waals surface area contributed by atoms with Crippen LogP contribution in [0.2, 0.25) is 18.1 Å². The first kappa shape index (κ1) is 33.2. The molecule has 0 aliphatic rings. The Morgan fingerprint density at radius 2 is 1.64 bits per heavy atom. The highest BCUT2D eigenvalue weighted by molar-refractivity contribution is 9.09. The summed E-state index contributed by atoms with van der Waals surface area (Å²) in [6.45, 7) is 15.3. The third-order valence-electron chi connectivity index (χ3n) is 5.58. The number of aliphatic hydroxyl groups is 2. The second-order valence-corrected chi connectivity index (χ2v) is 19.0. The van der Waals surface area contributed by atoms with Gasteiger partial charge in [0.05, 0.1) is 36.4 Å². The smallest absolute Gasteiger partial charge is 0.311 e. The zero-order valence-electron chi connectivity index (χ0n) is 21.2. The van der Waals surface area contributed by atoms with Crippen LogP contribution < -0.4 is 0 Å². The van der Waals surface area contributed by atoms with Crippen molar-refractivity contribution in [2.45, 2.75) is 101 Å². The van der Waals surface area contributed by atoms with Gasteiger partial charge in [-0.25, -0.2) is 0 Å². The second-order valence-electron chi connectivity index (χ2n) is 10.9. The van der Waals surface area contributed by atoms with Crippen LogP contribution in [-0.2, 0) is 28.3 Å². The first-order chi connectivity index (χ1) is 14.6. The van der Waals surface area contributed by atoms with Crippen LogP contribution >= 0.6 is 27.5 Å². The summed E-state index contributed by atoms with van der Waals surface area (Å²) in [5.74, 6) is -0.311. The maximum Gasteiger partial charge on any atom is 0.311 e. The largest absolute Gasteiger partial charge is 0.465 e. The van der Waals surface area contributed by atoms with E-state index in [2.05, 4.69) is 49.8 Å². The van der Waals surface area contributed by atoms with Crippen molar-refractivity contribution in [2.75, 3.05) is 19.5 Å². The van der Waals surface area contributed by atoms with Gasteiger partial charge in [0, 0.05) is 11.2 Å². The number of alkyl halides is 2. The number of rotatable bonds is 13. The minimum atomic E-state index is -3.89. The Morgan fingerprint density at radius 3 is 2.03 bits per heavy atom. The van der Waals surface area contributed by atoms with E-state index in [1.807, 2.05) is 0 Å². The van der Waals surface area contributed by atoms with Gasteiger partial charge in [0.25, 0.3) is 10.1 Å². The first-order valence-corrected chi connectivity index (χ1v) is 17.0. The molecule has 0 fully saturated rings. The molecule has 5 atom stereocenters. The molecule has 0 aromatic carbocycles. The molecule has 0 aliphatic heterocycles. The minimum Gasteiger partial charge on any atom is -0.465 e. The van der Waals surface area contributed by atoms with Crippen molar-refractivity contribution in [1.29, 1.82) is 0 Å². The molecule has 8 nitrogen and oxygen atoms in total. The van der Waals surface area contributed by atoms with Gasteiger partial charge in [-0.1, -0.05) is 36.7 Å². The van der Waals surface area contributed by atoms with E-state index in [-0.39, 0.29) is 35.0 Å². The monoisotopic (exact) mass is 596 g/mol. The lowest BCUT2D eigenvalue weighted by Gasteiger charge is -2.41. The van der Waals surface area contributed by atoms with E-state index in [4.69, 9.17) is 24.9 Å². The van der Waals surface area contributed by atoms with E-state index in [1.165, 1.54) is 0 Å². The van der Waals surface area contributed by atoms with Crippen LogP contribution in [0.25, 0.3) is 0 Å². The summed E-state index contributed by atoms with van der Waals surface area (Å²) in [5.41, 5.74) is -0.617. The molecule has 0 rings (SSSR count). The molecule has 0 aromatic rings. The fraction of sp³-hybridized carbons (Fsp3) is 0.952. The Bertz CT molecular complexity index is 721. The molecule has 0 radical (unpaired) electrons. The third-order valence-corrected chi connectivity index (χ3v) is 12.1. The van der Waals surface area contributed by atoms with Crippen molar-refractivity contribution >= 4 is 51.9 Å². The average molecular weight is 598 g/mol. The zero-order chi connectivity index (χ0) is 26.4. The molecule has 0 amide bonds. The molecule has 0 unspecified atom stereocenters. The Kier molecular flexibility index (Phi) is 13.1. The van der Waals surface area contributed by atoms with Crippen molar-refractivity contribution in [3.05, 3.63) is 0 Å². The molecular formula is C21H42BrClO8SSi. The fourth-order valence-electron chi connectivity index (χ4n) is 2.51. The van der Waals surface area contributed by atoms with Gasteiger partial charge in [-0.2, -0.15) is 8.42 Å². The van der Waals surface area contributed by atoms with Crippen molar-refractivity contribution in [1.82, 2.24) is 0 Å². The number of halogens is 2. The molecule has 0 heterocycles. The van der Waals surface area contributed by atoms with E-state index in [9.17, 15) is 23.4 Å². The topological polar surface area (TPSA) is 119 Å². The Morgan fingerprint density at radius 1 is 1.12 bits per heavy atom. The molecule has 0 spiro atoms. The first-order valence-electron chi connectivity index (χ1n) is 10.9. The van der Waals surface area contributed by atoms with E-state index < -0.39 is 48.0 Å². The molecule has 0 bridgehead atoms. The maximum absolute atomic E-state index is 12.1. The van der Waals surface area contributed by atoms with Crippen LogP contribution in [0.1, 0.15) is 54.4 Å². The quantitative estimate of drug-likeness (QED) is 0.142. The van der Waals surface area contributed by atoms with Gasteiger partial charge in [0.2, 0.25) is 0 Å². The van der Waals surface area contributed by atoms with Crippen LogP contribution in [0.15, 0.2) is 0 Å². The number of hydrogen-bond acceptors (Lipinski definition) is 8. The highest BCUT2D eigenvalue weighted by Gasteiger charge is 2.41. The van der Waals surface area contributed by atoms with Crippen molar-refractivity contribution in [2.24, 2.45) is 5.41 Å². The molecule has 0 saturated carbocycles. The van der Waals surface area contributed by atoms with E-state index in [0.29, 0.717) is 6.42 Å². The molecule has 2 N–H and O–H groups in total. The van der Waals surface area contributed by atoms with Crippen LogP contribution in [0.5, 0.6) is 0 Å². The molecule has 0 aromatic heterocycles. The summed E-state index contributed by atoms with van der Waals surface area (Å²) >= 11 is 9.99. The van der Waals surface area contributed by atoms with E-state index in [0.717, 1.165) is 6.26 Å². The predicted molar refractivity (Wildman–Crippen MR) is 137 cm³/mol. The van der Waals surface area contributed by atoms with Gasteiger partial charge in [-0.3, -0.25) is 8.98 Å². The van der Waals surface area contributed by atoms with Crippen LogP contribution in [0.4, 0.5) is 0 Å². The lowest BCUT2D eigenvalue weighted by Crippen LogP contribution is -2.47. The fourth-order valence-corrected chi connectivity index (χ4v) is 6.07. The summed E-state index contributed by atoms with van der Waals surface area (Å²) in [6.07, 6.45) is -1.75. The summed E-state index contributed by atoms with van der Waals surface area (Å²) < 4.78 is 39.5. The van der Waals surface area contributed by atoms with Gasteiger partial charge >= 0.3 is 5.97 Å². The van der Waals surface area contributed by atoms with Crippen LogP contribution in [0, 0.1) is 5.41 Å². The second kappa shape index (κ2) is 13.0. The maximum atomic E-state index is 12.1. The SMILES string of the molecule is CC(C)(C)C(=O)OCC[C@@H](O[Si](C)(C)C(C)(C)C)[C@H](Br)C[C@H](Cl)[C@H](O)[C@@H](CO)OS(C)(=O)=O. The molecule has 12 heteroatoms. The standard InChI is InChI=1S/C21H42BrClO8SSi/c1-20(2,3)19(26)29-11-10-16(31-33(8,9)21(4,5)6)14(22)12-15(23)18(25)17(13-24)30-32(7,27)28/h14-18,24-25H,10-13H2,1-9H3/t14-,15+,16-,17-,18+/m1/s1. The number of aliphatic hydroxyl groups excluding tert-OH is 2. The van der Waals surface area contributed by atoms with Crippen LogP contribution in [-0.4, -0.2) is 80.9 Å². The summed E-state index contributed by atoms with van der Waals surface area (Å²) in [7, 11) is -6.09.